The van der Waals surface area contributed by atoms with Crippen molar-refractivity contribution in [3.63, 3.8) is 0 Å². The van der Waals surface area contributed by atoms with Crippen molar-refractivity contribution in [2.24, 2.45) is 10.7 Å². The SMILES string of the molecule is COc1ccc(NC(N)=NCCN2C(=O)CNC2=O)cc1Cl. The number of nitrogens with zero attached hydrogens (tertiary/aromatic N) is 2. The number of halogens is 1. The van der Waals surface area contributed by atoms with E-state index in [-0.39, 0.29) is 31.5 Å². The molecule has 0 saturated carbocycles. The van der Waals surface area contributed by atoms with E-state index in [4.69, 9.17) is 22.1 Å². The summed E-state index contributed by atoms with van der Waals surface area (Å²) in [4.78, 5) is 27.8. The molecule has 0 unspecified atom stereocenters. The number of nitrogens with two attached hydrogens (primary N) is 1. The van der Waals surface area contributed by atoms with E-state index in [0.717, 1.165) is 4.90 Å². The number of imide groups is 1. The number of carbonyl (C=O) groups is 2. The van der Waals surface area contributed by atoms with E-state index >= 15 is 0 Å². The molecule has 0 radical (unpaired) electrons. The fraction of sp³-hybridized carbons (Fsp3) is 0.308. The fourth-order valence-electron chi connectivity index (χ4n) is 1.88. The number of hydrogen-bond donors (Lipinski definition) is 3. The van der Waals surface area contributed by atoms with Gasteiger partial charge in [0, 0.05) is 5.69 Å². The van der Waals surface area contributed by atoms with Crippen molar-refractivity contribution < 1.29 is 14.3 Å². The number of amides is 3. The Morgan fingerprint density at radius 3 is 2.91 bits per heavy atom. The molecule has 1 fully saturated rings. The molecule has 3 amide bonds. The third kappa shape index (κ3) is 3.79. The highest BCUT2D eigenvalue weighted by Crippen LogP contribution is 2.26. The predicted octanol–water partition coefficient (Wildman–Crippen LogP) is 0.627. The van der Waals surface area contributed by atoms with Crippen LogP contribution in [-0.4, -0.2) is 49.5 Å². The van der Waals surface area contributed by atoms with Crippen LogP contribution >= 0.6 is 11.6 Å². The van der Waals surface area contributed by atoms with Crippen LogP contribution in [0.25, 0.3) is 0 Å². The van der Waals surface area contributed by atoms with E-state index in [9.17, 15) is 9.59 Å². The Morgan fingerprint density at radius 1 is 1.55 bits per heavy atom. The van der Waals surface area contributed by atoms with Gasteiger partial charge in [0.2, 0.25) is 5.91 Å². The third-order valence-corrected chi connectivity index (χ3v) is 3.26. The van der Waals surface area contributed by atoms with Crippen molar-refractivity contribution in [2.75, 3.05) is 32.1 Å². The van der Waals surface area contributed by atoms with Crippen molar-refractivity contribution in [2.45, 2.75) is 0 Å². The summed E-state index contributed by atoms with van der Waals surface area (Å²) in [6, 6.07) is 4.68. The van der Waals surface area contributed by atoms with Gasteiger partial charge in [-0.1, -0.05) is 11.6 Å². The zero-order chi connectivity index (χ0) is 16.1. The van der Waals surface area contributed by atoms with Crippen LogP contribution in [0.5, 0.6) is 5.75 Å². The van der Waals surface area contributed by atoms with Crippen molar-refractivity contribution in [1.29, 1.82) is 0 Å². The van der Waals surface area contributed by atoms with Gasteiger partial charge in [-0.25, -0.2) is 4.79 Å². The molecular weight excluding hydrogens is 310 g/mol. The molecule has 1 aromatic carbocycles. The maximum absolute atomic E-state index is 11.4. The second-order valence-electron chi connectivity index (χ2n) is 4.45. The van der Waals surface area contributed by atoms with Crippen molar-refractivity contribution in [3.05, 3.63) is 23.2 Å². The largest absolute Gasteiger partial charge is 0.495 e. The van der Waals surface area contributed by atoms with E-state index in [1.165, 1.54) is 7.11 Å². The van der Waals surface area contributed by atoms with Gasteiger partial charge in [-0.3, -0.25) is 14.7 Å². The summed E-state index contributed by atoms with van der Waals surface area (Å²) in [5.74, 6) is 0.447. The second-order valence-corrected chi connectivity index (χ2v) is 4.85. The van der Waals surface area contributed by atoms with Gasteiger partial charge in [0.05, 0.1) is 31.8 Å². The molecule has 1 saturated heterocycles. The summed E-state index contributed by atoms with van der Waals surface area (Å²) < 4.78 is 5.05. The molecule has 0 bridgehead atoms. The maximum Gasteiger partial charge on any atom is 0.324 e. The molecule has 0 aromatic heterocycles. The smallest absolute Gasteiger partial charge is 0.324 e. The first-order chi connectivity index (χ1) is 10.5. The molecule has 1 aromatic rings. The summed E-state index contributed by atoms with van der Waals surface area (Å²) in [6.45, 7) is 0.416. The van der Waals surface area contributed by atoms with Crippen LogP contribution in [0, 0.1) is 0 Å². The number of guanidine groups is 1. The Bertz CT molecular complexity index is 604. The summed E-state index contributed by atoms with van der Waals surface area (Å²) in [5, 5.41) is 5.74. The zero-order valence-electron chi connectivity index (χ0n) is 11.9. The monoisotopic (exact) mass is 325 g/mol. The first kappa shape index (κ1) is 15.9. The lowest BCUT2D eigenvalue weighted by molar-refractivity contribution is -0.124. The maximum atomic E-state index is 11.4. The van der Waals surface area contributed by atoms with Gasteiger partial charge in [-0.2, -0.15) is 0 Å². The number of hydrogen-bond acceptors (Lipinski definition) is 4. The number of urea groups is 1. The fourth-order valence-corrected chi connectivity index (χ4v) is 2.14. The molecule has 8 nitrogen and oxygen atoms in total. The van der Waals surface area contributed by atoms with Gasteiger partial charge in [0.15, 0.2) is 5.96 Å². The standard InChI is InChI=1S/C13H16ClN5O3/c1-22-10-3-2-8(6-9(10)14)18-12(15)16-4-5-19-11(20)7-17-13(19)21/h2-3,6H,4-5,7H2,1H3,(H,17,21)(H3,15,16,18). The molecule has 22 heavy (non-hydrogen) atoms. The molecule has 1 aliphatic heterocycles. The van der Waals surface area contributed by atoms with Crippen molar-refractivity contribution in [1.82, 2.24) is 10.2 Å². The van der Waals surface area contributed by atoms with Crippen LogP contribution in [0.1, 0.15) is 0 Å². The lowest BCUT2D eigenvalue weighted by Gasteiger charge is -2.11. The quantitative estimate of drug-likeness (QED) is 0.418. The number of anilines is 1. The number of methoxy groups -OCH3 is 1. The van der Waals surface area contributed by atoms with E-state index in [1.807, 2.05) is 0 Å². The van der Waals surface area contributed by atoms with E-state index in [1.54, 1.807) is 18.2 Å². The topological polar surface area (TPSA) is 109 Å². The Kier molecular flexibility index (Phi) is 5.05. The molecule has 0 atom stereocenters. The lowest BCUT2D eigenvalue weighted by Crippen LogP contribution is -2.34. The Hall–Kier alpha value is -2.48. The highest BCUT2D eigenvalue weighted by atomic mass is 35.5. The molecule has 0 aliphatic carbocycles. The minimum Gasteiger partial charge on any atom is -0.495 e. The van der Waals surface area contributed by atoms with E-state index in [0.29, 0.717) is 16.5 Å². The highest BCUT2D eigenvalue weighted by molar-refractivity contribution is 6.32. The lowest BCUT2D eigenvalue weighted by atomic mass is 10.3. The number of rotatable bonds is 5. The van der Waals surface area contributed by atoms with Gasteiger partial charge < -0.3 is 21.1 Å². The van der Waals surface area contributed by atoms with Gasteiger partial charge in [0.25, 0.3) is 0 Å². The number of aliphatic imine (C=N–C) groups is 1. The zero-order valence-corrected chi connectivity index (χ0v) is 12.7. The van der Waals surface area contributed by atoms with Gasteiger partial charge in [0.1, 0.15) is 5.75 Å². The molecule has 4 N–H and O–H groups in total. The minimum atomic E-state index is -0.409. The number of benzene rings is 1. The van der Waals surface area contributed by atoms with Crippen LogP contribution in [0.2, 0.25) is 5.02 Å². The Labute approximate surface area is 132 Å². The number of carbonyl (C=O) groups excluding carboxylic acids is 2. The average Bonchev–Trinajstić information content (AvgIpc) is 2.79. The molecular formula is C13H16ClN5O3. The molecule has 0 spiro atoms. The second kappa shape index (κ2) is 6.99. The van der Waals surface area contributed by atoms with Crippen LogP contribution in [0.3, 0.4) is 0 Å². The summed E-state index contributed by atoms with van der Waals surface area (Å²) in [6.07, 6.45) is 0. The summed E-state index contributed by atoms with van der Waals surface area (Å²) >= 11 is 6.00. The molecule has 118 valence electrons. The highest BCUT2D eigenvalue weighted by Gasteiger charge is 2.27. The van der Waals surface area contributed by atoms with Crippen LogP contribution in [0.15, 0.2) is 23.2 Å². The number of nitrogens with one attached hydrogen (secondary N) is 2. The average molecular weight is 326 g/mol. The third-order valence-electron chi connectivity index (χ3n) is 2.97. The van der Waals surface area contributed by atoms with Gasteiger partial charge in [-0.15, -0.1) is 0 Å². The predicted molar refractivity (Wildman–Crippen MR) is 83.2 cm³/mol. The Balaban J connectivity index is 1.89. The summed E-state index contributed by atoms with van der Waals surface area (Å²) in [7, 11) is 1.53. The van der Waals surface area contributed by atoms with E-state index in [2.05, 4.69) is 15.6 Å². The molecule has 1 heterocycles. The minimum absolute atomic E-state index is 0.0284. The van der Waals surface area contributed by atoms with Gasteiger partial charge in [-0.05, 0) is 18.2 Å². The van der Waals surface area contributed by atoms with Crippen molar-refractivity contribution in [3.8, 4) is 5.75 Å². The molecule has 9 heteroatoms. The van der Waals surface area contributed by atoms with E-state index < -0.39 is 6.03 Å². The molecule has 1 aliphatic rings. The molecule has 2 rings (SSSR count). The number of ether oxygens (including phenoxy) is 1. The Morgan fingerprint density at radius 2 is 2.32 bits per heavy atom. The normalized spacial score (nSPS) is 15.0. The van der Waals surface area contributed by atoms with Crippen LogP contribution in [0.4, 0.5) is 10.5 Å². The van der Waals surface area contributed by atoms with Crippen LogP contribution < -0.4 is 21.1 Å². The first-order valence-electron chi connectivity index (χ1n) is 6.50. The first-order valence-corrected chi connectivity index (χ1v) is 6.87. The van der Waals surface area contributed by atoms with Crippen LogP contribution in [-0.2, 0) is 4.79 Å². The van der Waals surface area contributed by atoms with Crippen molar-refractivity contribution >= 4 is 35.2 Å². The van der Waals surface area contributed by atoms with Gasteiger partial charge >= 0.3 is 6.03 Å². The summed E-state index contributed by atoms with van der Waals surface area (Å²) in [5.41, 5.74) is 6.40.